The van der Waals surface area contributed by atoms with Gasteiger partial charge in [0.25, 0.3) is 0 Å². The minimum Gasteiger partial charge on any atom is -0.467 e. The summed E-state index contributed by atoms with van der Waals surface area (Å²) >= 11 is 0. The van der Waals surface area contributed by atoms with Gasteiger partial charge in [0.05, 0.1) is 12.8 Å². The first-order valence-corrected chi connectivity index (χ1v) is 9.02. The zero-order valence-electron chi connectivity index (χ0n) is 11.7. The molecular weight excluding hydrogens is 314 g/mol. The molecule has 116 valence electrons. The SMILES string of the molecule is CCC(C)c1coc(CNC2=NS(=O)C(S(N)(=O)=O)=C2)c1. The molecule has 1 aromatic rings. The standard InChI is InChI=1S/C12H17N3O4S2/c1-3-8(2)9-4-10(19-7-9)6-14-11-5-12(20(16)15-11)21(13,17)18/h4-5,7-8H,3,6H2,1-2H3,(H,14,15)(H2,13,17,18). The number of nitrogens with zero attached hydrogens (tertiary/aromatic N) is 1. The Kier molecular flexibility index (Phi) is 4.64. The summed E-state index contributed by atoms with van der Waals surface area (Å²) in [5.74, 6) is 1.31. The third-order valence-electron chi connectivity index (χ3n) is 3.19. The smallest absolute Gasteiger partial charge is 0.248 e. The van der Waals surface area contributed by atoms with Crippen molar-refractivity contribution in [2.24, 2.45) is 9.54 Å². The molecule has 0 fully saturated rings. The van der Waals surface area contributed by atoms with E-state index in [4.69, 9.17) is 9.56 Å². The molecule has 3 N–H and O–H groups in total. The van der Waals surface area contributed by atoms with Crippen LogP contribution in [0.3, 0.4) is 0 Å². The maximum Gasteiger partial charge on any atom is 0.248 e. The Morgan fingerprint density at radius 2 is 2.24 bits per heavy atom. The Morgan fingerprint density at radius 3 is 2.81 bits per heavy atom. The van der Waals surface area contributed by atoms with Crippen molar-refractivity contribution >= 4 is 26.8 Å². The molecule has 0 radical (unpaired) electrons. The van der Waals surface area contributed by atoms with Crippen LogP contribution in [0.4, 0.5) is 0 Å². The minimum atomic E-state index is -4.00. The molecule has 0 amide bonds. The van der Waals surface area contributed by atoms with Crippen molar-refractivity contribution in [1.82, 2.24) is 5.32 Å². The fourth-order valence-corrected chi connectivity index (χ4v) is 3.53. The second-order valence-electron chi connectivity index (χ2n) is 4.74. The summed E-state index contributed by atoms with van der Waals surface area (Å²) in [6, 6.07) is 1.93. The number of sulfonamides is 1. The maximum atomic E-state index is 11.5. The summed E-state index contributed by atoms with van der Waals surface area (Å²) in [4.78, 5) is 0. The number of nitrogens with one attached hydrogen (secondary N) is 1. The number of amidine groups is 1. The lowest BCUT2D eigenvalue weighted by atomic mass is 10.0. The van der Waals surface area contributed by atoms with Crippen LogP contribution in [-0.2, 0) is 27.6 Å². The number of primary sulfonamides is 1. The van der Waals surface area contributed by atoms with Crippen LogP contribution in [0.5, 0.6) is 0 Å². The van der Waals surface area contributed by atoms with Crippen LogP contribution in [-0.4, -0.2) is 18.5 Å². The van der Waals surface area contributed by atoms with Gasteiger partial charge in [0.2, 0.25) is 10.0 Å². The summed E-state index contributed by atoms with van der Waals surface area (Å²) in [7, 11) is -5.97. The number of nitrogens with two attached hydrogens (primary N) is 1. The van der Waals surface area contributed by atoms with Gasteiger partial charge in [-0.05, 0) is 24.0 Å². The van der Waals surface area contributed by atoms with Crippen molar-refractivity contribution < 1.29 is 17.0 Å². The van der Waals surface area contributed by atoms with Gasteiger partial charge in [-0.3, -0.25) is 0 Å². The highest BCUT2D eigenvalue weighted by molar-refractivity contribution is 8.10. The summed E-state index contributed by atoms with van der Waals surface area (Å²) in [5.41, 5.74) is 1.10. The third-order valence-corrected chi connectivity index (χ3v) is 5.82. The first-order chi connectivity index (χ1) is 9.81. The Balaban J connectivity index is 2.01. The van der Waals surface area contributed by atoms with Crippen LogP contribution < -0.4 is 10.5 Å². The molecule has 0 saturated heterocycles. The Morgan fingerprint density at radius 1 is 1.52 bits per heavy atom. The lowest BCUT2D eigenvalue weighted by Gasteiger charge is -2.02. The highest BCUT2D eigenvalue weighted by Gasteiger charge is 2.25. The molecular formula is C12H17N3O4S2. The summed E-state index contributed by atoms with van der Waals surface area (Å²) in [6.07, 6.45) is 3.88. The first kappa shape index (κ1) is 15.9. The van der Waals surface area contributed by atoms with Crippen LogP contribution >= 0.6 is 0 Å². The fraction of sp³-hybridized carbons (Fsp3) is 0.417. The average molecular weight is 331 g/mol. The van der Waals surface area contributed by atoms with E-state index in [0.717, 1.165) is 12.0 Å². The normalized spacial score (nSPS) is 20.0. The molecule has 0 bridgehead atoms. The van der Waals surface area contributed by atoms with Crippen molar-refractivity contribution in [2.45, 2.75) is 32.7 Å². The zero-order chi connectivity index (χ0) is 15.6. The predicted octanol–water partition coefficient (Wildman–Crippen LogP) is 1.09. The van der Waals surface area contributed by atoms with E-state index >= 15 is 0 Å². The van der Waals surface area contributed by atoms with E-state index in [1.165, 1.54) is 6.08 Å². The van der Waals surface area contributed by atoms with Crippen molar-refractivity contribution in [1.29, 1.82) is 0 Å². The van der Waals surface area contributed by atoms with Gasteiger partial charge >= 0.3 is 0 Å². The van der Waals surface area contributed by atoms with Crippen LogP contribution in [0.15, 0.2) is 31.5 Å². The monoisotopic (exact) mass is 331 g/mol. The van der Waals surface area contributed by atoms with Crippen LogP contribution in [0.1, 0.15) is 37.5 Å². The number of hydrogen-bond acceptors (Lipinski definition) is 5. The molecule has 2 atom stereocenters. The number of hydrogen-bond donors (Lipinski definition) is 2. The second kappa shape index (κ2) is 6.12. The van der Waals surface area contributed by atoms with Gasteiger partial charge < -0.3 is 9.73 Å². The van der Waals surface area contributed by atoms with Gasteiger partial charge in [0.1, 0.15) is 11.6 Å². The number of furan rings is 1. The zero-order valence-corrected chi connectivity index (χ0v) is 13.3. The van der Waals surface area contributed by atoms with Crippen molar-refractivity contribution in [3.8, 4) is 0 Å². The van der Waals surface area contributed by atoms with E-state index < -0.39 is 25.2 Å². The topological polar surface area (TPSA) is 115 Å². The first-order valence-electron chi connectivity index (χ1n) is 6.37. The van der Waals surface area contributed by atoms with Gasteiger partial charge in [-0.2, -0.15) is 4.40 Å². The molecule has 21 heavy (non-hydrogen) atoms. The Labute approximate surface area is 126 Å². The van der Waals surface area contributed by atoms with E-state index in [9.17, 15) is 12.6 Å². The van der Waals surface area contributed by atoms with Gasteiger partial charge in [-0.25, -0.2) is 17.8 Å². The molecule has 2 unspecified atom stereocenters. The van der Waals surface area contributed by atoms with Gasteiger partial charge in [0, 0.05) is 6.08 Å². The lowest BCUT2D eigenvalue weighted by molar-refractivity contribution is 0.500. The van der Waals surface area contributed by atoms with E-state index in [1.54, 1.807) is 6.26 Å². The average Bonchev–Trinajstić information content (AvgIpc) is 3.01. The predicted molar refractivity (Wildman–Crippen MR) is 81.0 cm³/mol. The van der Waals surface area contributed by atoms with Crippen LogP contribution in [0, 0.1) is 0 Å². The van der Waals surface area contributed by atoms with Crippen LogP contribution in [0.25, 0.3) is 0 Å². The summed E-state index contributed by atoms with van der Waals surface area (Å²) < 4.78 is 42.6. The maximum absolute atomic E-state index is 11.5. The van der Waals surface area contributed by atoms with Gasteiger partial charge in [-0.1, -0.05) is 13.8 Å². The van der Waals surface area contributed by atoms with E-state index in [0.29, 0.717) is 18.2 Å². The Hall–Kier alpha value is -1.45. The molecule has 1 aliphatic rings. The van der Waals surface area contributed by atoms with E-state index in [1.807, 2.05) is 6.07 Å². The second-order valence-corrected chi connectivity index (χ2v) is 7.65. The van der Waals surface area contributed by atoms with Crippen molar-refractivity contribution in [3.05, 3.63) is 34.0 Å². The van der Waals surface area contributed by atoms with Crippen molar-refractivity contribution in [3.63, 3.8) is 0 Å². The molecule has 0 aromatic carbocycles. The molecule has 7 nitrogen and oxygen atoms in total. The molecule has 2 heterocycles. The fourth-order valence-electron chi connectivity index (χ4n) is 1.75. The quantitative estimate of drug-likeness (QED) is 0.838. The molecule has 9 heteroatoms. The highest BCUT2D eigenvalue weighted by atomic mass is 32.3. The molecule has 0 saturated carbocycles. The Bertz CT molecular complexity index is 719. The van der Waals surface area contributed by atoms with Crippen LogP contribution in [0.2, 0.25) is 0 Å². The van der Waals surface area contributed by atoms with Gasteiger partial charge in [0.15, 0.2) is 15.2 Å². The summed E-state index contributed by atoms with van der Waals surface area (Å²) in [6.45, 7) is 4.52. The lowest BCUT2D eigenvalue weighted by Crippen LogP contribution is -2.20. The molecule has 2 rings (SSSR count). The van der Waals surface area contributed by atoms with Gasteiger partial charge in [-0.15, -0.1) is 0 Å². The minimum absolute atomic E-state index is 0.207. The van der Waals surface area contributed by atoms with Crippen molar-refractivity contribution in [2.75, 3.05) is 0 Å². The molecule has 0 aliphatic carbocycles. The summed E-state index contributed by atoms with van der Waals surface area (Å²) in [5, 5.41) is 7.81. The van der Waals surface area contributed by atoms with E-state index in [-0.39, 0.29) is 5.84 Å². The highest BCUT2D eigenvalue weighted by Crippen LogP contribution is 2.21. The third kappa shape index (κ3) is 3.80. The number of rotatable bonds is 5. The molecule has 1 aromatic heterocycles. The molecule has 1 aliphatic heterocycles. The molecule has 0 spiro atoms. The van der Waals surface area contributed by atoms with E-state index in [2.05, 4.69) is 23.6 Å². The largest absolute Gasteiger partial charge is 0.467 e.